The summed E-state index contributed by atoms with van der Waals surface area (Å²) in [7, 11) is 5.72. The summed E-state index contributed by atoms with van der Waals surface area (Å²) in [6.45, 7) is 8.07. The molecule has 0 saturated carbocycles. The Morgan fingerprint density at radius 3 is 2.58 bits per heavy atom. The summed E-state index contributed by atoms with van der Waals surface area (Å²) in [4.78, 5) is 31.3. The Morgan fingerprint density at radius 2 is 1.90 bits per heavy atom. The van der Waals surface area contributed by atoms with Crippen molar-refractivity contribution in [2.24, 2.45) is 5.92 Å². The maximum absolute atomic E-state index is 13.4. The van der Waals surface area contributed by atoms with E-state index in [0.29, 0.717) is 31.9 Å². The molecule has 2 amide bonds. The zero-order valence-corrected chi connectivity index (χ0v) is 19.6. The minimum absolute atomic E-state index is 0.0716. The minimum atomic E-state index is -0.524. The van der Waals surface area contributed by atoms with Crippen molar-refractivity contribution in [3.8, 4) is 0 Å². The van der Waals surface area contributed by atoms with Gasteiger partial charge in [-0.2, -0.15) is 0 Å². The van der Waals surface area contributed by atoms with E-state index in [9.17, 15) is 9.59 Å². The molecule has 0 bridgehead atoms. The van der Waals surface area contributed by atoms with Crippen molar-refractivity contribution in [3.63, 3.8) is 0 Å². The van der Waals surface area contributed by atoms with E-state index >= 15 is 0 Å². The number of carbonyl (C=O) groups excluding carboxylic acids is 2. The first-order valence-corrected chi connectivity index (χ1v) is 10.9. The number of rotatable bonds is 5. The number of hydrogen-bond acceptors (Lipinski definition) is 5. The summed E-state index contributed by atoms with van der Waals surface area (Å²) in [5.41, 5.74) is 1.14. The highest BCUT2D eigenvalue weighted by Gasteiger charge is 2.31. The lowest BCUT2D eigenvalue weighted by Crippen LogP contribution is -2.45. The highest BCUT2D eigenvalue weighted by molar-refractivity contribution is 5.99. The third kappa shape index (κ3) is 5.79. The molecule has 0 N–H and O–H groups in total. The fraction of sp³-hybridized carbons (Fsp3) is 0.583. The monoisotopic (exact) mass is 429 g/mol. The average molecular weight is 430 g/mol. The first-order chi connectivity index (χ1) is 14.5. The predicted molar refractivity (Wildman–Crippen MR) is 121 cm³/mol. The van der Waals surface area contributed by atoms with Crippen LogP contribution < -0.4 is 0 Å². The van der Waals surface area contributed by atoms with Crippen molar-refractivity contribution in [3.05, 3.63) is 35.6 Å². The van der Waals surface area contributed by atoms with Gasteiger partial charge < -0.3 is 23.9 Å². The second kappa shape index (κ2) is 9.30. The molecule has 0 spiro atoms. The van der Waals surface area contributed by atoms with Crippen LogP contribution in [-0.2, 0) is 11.3 Å². The zero-order valence-electron chi connectivity index (χ0n) is 19.6. The lowest BCUT2D eigenvalue weighted by Gasteiger charge is -2.35. The molecular weight excluding hydrogens is 394 g/mol. The number of furan rings is 1. The summed E-state index contributed by atoms with van der Waals surface area (Å²) in [6.07, 6.45) is 1.55. The fourth-order valence-corrected chi connectivity index (χ4v) is 4.09. The van der Waals surface area contributed by atoms with Gasteiger partial charge in [-0.15, -0.1) is 0 Å². The number of hydrogen-bond donors (Lipinski definition) is 0. The van der Waals surface area contributed by atoms with E-state index in [2.05, 4.69) is 0 Å². The van der Waals surface area contributed by atoms with E-state index in [1.54, 1.807) is 11.9 Å². The molecule has 0 radical (unpaired) electrons. The Morgan fingerprint density at radius 1 is 1.19 bits per heavy atom. The van der Waals surface area contributed by atoms with Crippen molar-refractivity contribution in [1.82, 2.24) is 14.7 Å². The second-order valence-corrected chi connectivity index (χ2v) is 9.76. The Labute approximate surface area is 184 Å². The first kappa shape index (κ1) is 23.1. The number of benzene rings is 1. The van der Waals surface area contributed by atoms with E-state index in [4.69, 9.17) is 9.15 Å². The first-order valence-electron chi connectivity index (χ1n) is 10.9. The molecule has 31 heavy (non-hydrogen) atoms. The number of fused-ring (bicyclic) bond motifs is 1. The molecular formula is C24H35N3O4. The molecule has 1 aliphatic heterocycles. The van der Waals surface area contributed by atoms with Gasteiger partial charge in [0.2, 0.25) is 0 Å². The third-order valence-electron chi connectivity index (χ3n) is 5.41. The maximum atomic E-state index is 13.4. The van der Waals surface area contributed by atoms with Crippen molar-refractivity contribution in [1.29, 1.82) is 0 Å². The Bertz CT molecular complexity index is 929. The molecule has 1 aliphatic rings. The fourth-order valence-electron chi connectivity index (χ4n) is 4.09. The molecule has 7 nitrogen and oxygen atoms in total. The zero-order chi connectivity index (χ0) is 22.8. The molecule has 170 valence electrons. The molecule has 0 aliphatic carbocycles. The van der Waals surface area contributed by atoms with E-state index in [1.807, 2.05) is 68.9 Å². The summed E-state index contributed by atoms with van der Waals surface area (Å²) >= 11 is 0. The Balaban J connectivity index is 1.73. The molecule has 1 saturated heterocycles. The predicted octanol–water partition coefficient (Wildman–Crippen LogP) is 4.21. The van der Waals surface area contributed by atoms with Crippen LogP contribution in [0.25, 0.3) is 11.0 Å². The Kier molecular flexibility index (Phi) is 6.94. The van der Waals surface area contributed by atoms with Gasteiger partial charge >= 0.3 is 6.09 Å². The molecule has 2 aromatic rings. The highest BCUT2D eigenvalue weighted by Crippen LogP contribution is 2.29. The van der Waals surface area contributed by atoms with Crippen molar-refractivity contribution in [2.45, 2.75) is 45.8 Å². The topological polar surface area (TPSA) is 66.2 Å². The van der Waals surface area contributed by atoms with Crippen LogP contribution in [0.5, 0.6) is 0 Å². The number of nitrogens with zero attached hydrogens (tertiary/aromatic N) is 3. The van der Waals surface area contributed by atoms with Gasteiger partial charge in [-0.1, -0.05) is 18.2 Å². The molecule has 7 heteroatoms. The Hall–Kier alpha value is -2.54. The highest BCUT2D eigenvalue weighted by atomic mass is 16.6. The van der Waals surface area contributed by atoms with Gasteiger partial charge in [-0.3, -0.25) is 4.79 Å². The van der Waals surface area contributed by atoms with Crippen LogP contribution in [0.4, 0.5) is 4.79 Å². The standard InChI is InChI=1S/C24H35N3O4/c1-24(2,3)31-23(29)26(6)14-17-10-9-13-27(15-17)22(28)21-19(16-25(4)5)18-11-7-8-12-20(18)30-21/h7-8,11-12,17H,9-10,13-16H2,1-6H3. The third-order valence-corrected chi connectivity index (χ3v) is 5.41. The largest absolute Gasteiger partial charge is 0.451 e. The maximum Gasteiger partial charge on any atom is 0.410 e. The van der Waals surface area contributed by atoms with Crippen molar-refractivity contribution >= 4 is 23.0 Å². The summed E-state index contributed by atoms with van der Waals surface area (Å²) < 4.78 is 11.5. The normalized spacial score (nSPS) is 17.3. The van der Waals surface area contributed by atoms with E-state index in [-0.39, 0.29) is 17.9 Å². The van der Waals surface area contributed by atoms with Gasteiger partial charge in [-0.05, 0) is 59.7 Å². The SMILES string of the molecule is CN(C)Cc1c(C(=O)N2CCCC(CN(C)C(=O)OC(C)(C)C)C2)oc2ccccc12. The smallest absolute Gasteiger partial charge is 0.410 e. The van der Waals surface area contributed by atoms with Crippen molar-refractivity contribution < 1.29 is 18.7 Å². The van der Waals surface area contributed by atoms with Crippen LogP contribution in [-0.4, -0.2) is 73.1 Å². The minimum Gasteiger partial charge on any atom is -0.451 e. The number of ether oxygens (including phenoxy) is 1. The van der Waals surface area contributed by atoms with E-state index in [0.717, 1.165) is 29.4 Å². The quantitative estimate of drug-likeness (QED) is 0.712. The molecule has 3 rings (SSSR count). The van der Waals surface area contributed by atoms with Crippen LogP contribution in [0.15, 0.2) is 28.7 Å². The lowest BCUT2D eigenvalue weighted by molar-refractivity contribution is 0.0242. The van der Waals surface area contributed by atoms with E-state index in [1.165, 1.54) is 0 Å². The van der Waals surface area contributed by atoms with Gasteiger partial charge in [0.15, 0.2) is 5.76 Å². The number of amides is 2. The average Bonchev–Trinajstić information content (AvgIpc) is 3.04. The molecule has 1 unspecified atom stereocenters. The van der Waals surface area contributed by atoms with Crippen LogP contribution in [0.1, 0.15) is 49.7 Å². The molecule has 1 aromatic carbocycles. The van der Waals surface area contributed by atoms with Gasteiger partial charge in [0.05, 0.1) is 0 Å². The number of para-hydroxylation sites is 1. The summed E-state index contributed by atoms with van der Waals surface area (Å²) in [5, 5.41) is 0.984. The van der Waals surface area contributed by atoms with Crippen molar-refractivity contribution in [2.75, 3.05) is 40.8 Å². The van der Waals surface area contributed by atoms with E-state index < -0.39 is 5.60 Å². The van der Waals surface area contributed by atoms with Gasteiger partial charge in [0, 0.05) is 44.2 Å². The van der Waals surface area contributed by atoms with Crippen LogP contribution in [0, 0.1) is 5.92 Å². The van der Waals surface area contributed by atoms with Gasteiger partial charge in [0.25, 0.3) is 5.91 Å². The second-order valence-electron chi connectivity index (χ2n) is 9.76. The number of likely N-dealkylation sites (tertiary alicyclic amines) is 1. The molecule has 1 fully saturated rings. The van der Waals surface area contributed by atoms with Crippen LogP contribution in [0.2, 0.25) is 0 Å². The summed E-state index contributed by atoms with van der Waals surface area (Å²) in [6, 6.07) is 7.79. The number of carbonyl (C=O) groups is 2. The number of piperidine rings is 1. The van der Waals surface area contributed by atoms with Gasteiger partial charge in [-0.25, -0.2) is 4.79 Å². The van der Waals surface area contributed by atoms with Crippen LogP contribution >= 0.6 is 0 Å². The van der Waals surface area contributed by atoms with Crippen LogP contribution in [0.3, 0.4) is 0 Å². The lowest BCUT2D eigenvalue weighted by atomic mass is 9.97. The summed E-state index contributed by atoms with van der Waals surface area (Å²) in [5.74, 6) is 0.561. The van der Waals surface area contributed by atoms with Gasteiger partial charge in [0.1, 0.15) is 11.2 Å². The molecule has 2 heterocycles. The molecule has 1 atom stereocenters. The molecule has 1 aromatic heterocycles.